The number of nitrogens with zero attached hydrogens (tertiary/aromatic N) is 2. The van der Waals surface area contributed by atoms with Crippen LogP contribution in [0.2, 0.25) is 0 Å². The van der Waals surface area contributed by atoms with E-state index in [2.05, 4.69) is 4.98 Å². The van der Waals surface area contributed by atoms with Gasteiger partial charge in [-0.3, -0.25) is 0 Å². The molecule has 4 rings (SSSR count). The molecule has 1 aromatic carbocycles. The normalized spacial score (nSPS) is 14.6. The maximum atomic E-state index is 7.73. The van der Waals surface area contributed by atoms with Crippen molar-refractivity contribution in [3.63, 3.8) is 0 Å². The molecule has 4 aromatic rings. The Morgan fingerprint density at radius 1 is 1.13 bits per heavy atom. The third-order valence-corrected chi connectivity index (χ3v) is 4.31. The lowest BCUT2D eigenvalue weighted by atomic mass is 9.99. The fraction of sp³-hybridized carbons (Fsp3) is 0.200. The van der Waals surface area contributed by atoms with Crippen molar-refractivity contribution >= 4 is 22.1 Å². The number of aromatic nitrogens is 2. The lowest BCUT2D eigenvalue weighted by Gasteiger charge is -2.07. The number of hydrogen-bond donors (Lipinski definition) is 0. The Bertz CT molecular complexity index is 1210. The Morgan fingerprint density at radius 2 is 2.00 bits per heavy atom. The molecule has 0 radical (unpaired) electrons. The van der Waals surface area contributed by atoms with Crippen molar-refractivity contribution in [2.24, 2.45) is 7.05 Å². The third kappa shape index (κ3) is 2.04. The molecule has 0 aliphatic carbocycles. The molecule has 3 heteroatoms. The molecular formula is C20H19N2O+. The highest BCUT2D eigenvalue weighted by molar-refractivity contribution is 6.08. The van der Waals surface area contributed by atoms with Crippen LogP contribution in [0.1, 0.15) is 22.2 Å². The van der Waals surface area contributed by atoms with Crippen molar-refractivity contribution in [2.45, 2.75) is 20.7 Å². The van der Waals surface area contributed by atoms with E-state index in [0.29, 0.717) is 22.4 Å². The van der Waals surface area contributed by atoms with E-state index in [1.54, 1.807) is 12.3 Å². The Morgan fingerprint density at radius 3 is 2.83 bits per heavy atom. The summed E-state index contributed by atoms with van der Waals surface area (Å²) in [5.74, 6) is 0. The van der Waals surface area contributed by atoms with E-state index in [4.69, 9.17) is 9.90 Å². The van der Waals surface area contributed by atoms with Gasteiger partial charge in [-0.15, -0.1) is 0 Å². The van der Waals surface area contributed by atoms with E-state index in [9.17, 15) is 0 Å². The van der Waals surface area contributed by atoms with E-state index in [1.165, 1.54) is 0 Å². The van der Waals surface area contributed by atoms with Crippen LogP contribution >= 0.6 is 0 Å². The highest BCUT2D eigenvalue weighted by Crippen LogP contribution is 2.36. The number of rotatable bonds is 1. The van der Waals surface area contributed by atoms with Crippen molar-refractivity contribution in [1.29, 1.82) is 0 Å². The van der Waals surface area contributed by atoms with Gasteiger partial charge < -0.3 is 4.42 Å². The summed E-state index contributed by atoms with van der Waals surface area (Å²) in [6.07, 6.45) is 1.82. The lowest BCUT2D eigenvalue weighted by molar-refractivity contribution is -0.660. The standard InChI is InChI=1S/C20H19N2O/c1-12-7-8-15-16-6-5-9-21-20(16)23-19(15)18(12)17-10-13(2)14(3)11-22(17)4/h5-11H,1-4H3/q+1/i3D3,9D. The van der Waals surface area contributed by atoms with Crippen LogP contribution in [0.15, 0.2) is 47.1 Å². The molecular weight excluding hydrogens is 284 g/mol. The zero-order valence-corrected chi connectivity index (χ0v) is 13.3. The van der Waals surface area contributed by atoms with Gasteiger partial charge in [0.05, 0.1) is 6.93 Å². The van der Waals surface area contributed by atoms with Crippen LogP contribution in [0.5, 0.6) is 0 Å². The van der Waals surface area contributed by atoms with Crippen molar-refractivity contribution in [1.82, 2.24) is 4.98 Å². The minimum atomic E-state index is -2.16. The smallest absolute Gasteiger partial charge is 0.227 e. The molecule has 23 heavy (non-hydrogen) atoms. The van der Waals surface area contributed by atoms with Crippen molar-refractivity contribution in [3.05, 3.63) is 59.4 Å². The van der Waals surface area contributed by atoms with Gasteiger partial charge in [-0.25, -0.2) is 9.55 Å². The number of furan rings is 1. The second-order valence-electron chi connectivity index (χ2n) is 5.90. The molecule has 0 N–H and O–H groups in total. The highest BCUT2D eigenvalue weighted by Gasteiger charge is 2.21. The van der Waals surface area contributed by atoms with Crippen molar-refractivity contribution in [3.8, 4) is 11.3 Å². The predicted octanol–water partition coefficient (Wildman–Crippen LogP) is 4.40. The molecule has 0 atom stereocenters. The molecule has 0 aliphatic heterocycles. The van der Waals surface area contributed by atoms with E-state index < -0.39 is 6.85 Å². The minimum absolute atomic E-state index is 0.156. The monoisotopic (exact) mass is 307 g/mol. The predicted molar refractivity (Wildman–Crippen MR) is 92.3 cm³/mol. The zero-order chi connectivity index (χ0) is 19.5. The van der Waals surface area contributed by atoms with Gasteiger partial charge in [0.15, 0.2) is 11.8 Å². The molecule has 0 spiro atoms. The summed E-state index contributed by atoms with van der Waals surface area (Å²) in [7, 11) is 1.84. The summed E-state index contributed by atoms with van der Waals surface area (Å²) < 4.78 is 38.8. The first kappa shape index (κ1) is 10.2. The molecule has 3 heterocycles. The Balaban J connectivity index is 2.06. The summed E-state index contributed by atoms with van der Waals surface area (Å²) in [5, 5.41) is 1.79. The fourth-order valence-corrected chi connectivity index (χ4v) is 3.04. The largest absolute Gasteiger partial charge is 0.437 e. The first-order valence-corrected chi connectivity index (χ1v) is 7.47. The maximum absolute atomic E-state index is 7.73. The maximum Gasteiger partial charge on any atom is 0.227 e. The number of pyridine rings is 2. The van der Waals surface area contributed by atoms with Crippen LogP contribution in [0.4, 0.5) is 0 Å². The molecule has 0 saturated carbocycles. The molecule has 0 bridgehead atoms. The van der Waals surface area contributed by atoms with Crippen LogP contribution in [0, 0.1) is 20.7 Å². The molecule has 114 valence electrons. The SMILES string of the molecule is [2H]c1ccc2c(n1)oc1c(-c3cc(C)c(C([2H])([2H])[2H])c[n+]3C)c(C)ccc12. The Labute approximate surface area is 140 Å². The summed E-state index contributed by atoms with van der Waals surface area (Å²) in [6, 6.07) is 9.40. The Kier molecular flexibility index (Phi) is 2.17. The first-order valence-electron chi connectivity index (χ1n) is 9.47. The van der Waals surface area contributed by atoms with Crippen LogP contribution in [0.25, 0.3) is 33.3 Å². The molecule has 3 aromatic heterocycles. The van der Waals surface area contributed by atoms with Gasteiger partial charge in [0.2, 0.25) is 11.4 Å². The van der Waals surface area contributed by atoms with Gasteiger partial charge in [-0.05, 0) is 44.0 Å². The van der Waals surface area contributed by atoms with Gasteiger partial charge in [-0.1, -0.05) is 12.1 Å². The van der Waals surface area contributed by atoms with Gasteiger partial charge >= 0.3 is 0 Å². The highest BCUT2D eigenvalue weighted by atomic mass is 16.3. The van der Waals surface area contributed by atoms with Crippen LogP contribution in [0.3, 0.4) is 0 Å². The number of aryl methyl sites for hydroxylation is 4. The summed E-state index contributed by atoms with van der Waals surface area (Å²) in [4.78, 5) is 4.18. The van der Waals surface area contributed by atoms with E-state index in [0.717, 1.165) is 27.6 Å². The Hall–Kier alpha value is -2.68. The second kappa shape index (κ2) is 4.92. The van der Waals surface area contributed by atoms with Gasteiger partial charge in [0.1, 0.15) is 7.05 Å². The minimum Gasteiger partial charge on any atom is -0.437 e. The molecule has 0 fully saturated rings. The van der Waals surface area contributed by atoms with E-state index >= 15 is 0 Å². The molecule has 0 aliphatic rings. The second-order valence-corrected chi connectivity index (χ2v) is 5.90. The number of fused-ring (bicyclic) bond motifs is 3. The summed E-state index contributed by atoms with van der Waals surface area (Å²) in [6.45, 7) is 1.65. The van der Waals surface area contributed by atoms with Crippen LogP contribution in [-0.2, 0) is 7.05 Å². The average Bonchev–Trinajstić information content (AvgIpc) is 2.93. The van der Waals surface area contributed by atoms with Crippen molar-refractivity contribution in [2.75, 3.05) is 0 Å². The van der Waals surface area contributed by atoms with Gasteiger partial charge in [0.25, 0.3) is 0 Å². The summed E-state index contributed by atoms with van der Waals surface area (Å²) in [5.41, 5.74) is 4.96. The van der Waals surface area contributed by atoms with Crippen LogP contribution < -0.4 is 4.57 Å². The zero-order valence-electron chi connectivity index (χ0n) is 17.3. The number of hydrogen-bond acceptors (Lipinski definition) is 2. The molecule has 0 unspecified atom stereocenters. The third-order valence-electron chi connectivity index (χ3n) is 4.31. The van der Waals surface area contributed by atoms with E-state index in [-0.39, 0.29) is 6.17 Å². The number of benzene rings is 1. The van der Waals surface area contributed by atoms with Crippen LogP contribution in [-0.4, -0.2) is 4.98 Å². The molecule has 0 amide bonds. The van der Waals surface area contributed by atoms with Gasteiger partial charge in [-0.2, -0.15) is 0 Å². The average molecular weight is 307 g/mol. The lowest BCUT2D eigenvalue weighted by Crippen LogP contribution is -2.31. The molecule has 3 nitrogen and oxygen atoms in total. The quantitative estimate of drug-likeness (QED) is 0.488. The van der Waals surface area contributed by atoms with E-state index in [1.807, 2.05) is 49.7 Å². The summed E-state index contributed by atoms with van der Waals surface area (Å²) >= 11 is 0. The molecule has 0 saturated heterocycles. The fourth-order valence-electron chi connectivity index (χ4n) is 3.04. The topological polar surface area (TPSA) is 29.9 Å². The van der Waals surface area contributed by atoms with Crippen molar-refractivity contribution < 1.29 is 14.5 Å². The first-order chi connectivity index (χ1) is 12.7. The van der Waals surface area contributed by atoms with Gasteiger partial charge in [0, 0.05) is 32.7 Å².